The molecular weight excluding hydrogens is 254 g/mol. The summed E-state index contributed by atoms with van der Waals surface area (Å²) in [6.07, 6.45) is 1.70. The lowest BCUT2D eigenvalue weighted by Gasteiger charge is -2.04. The van der Waals surface area contributed by atoms with Crippen LogP contribution in [0.1, 0.15) is 11.4 Å². The van der Waals surface area contributed by atoms with Crippen molar-refractivity contribution in [1.82, 2.24) is 20.3 Å². The van der Waals surface area contributed by atoms with Crippen LogP contribution in [0.4, 0.5) is 5.88 Å². The Balaban J connectivity index is 2.24. The number of rotatable bonds is 2. The van der Waals surface area contributed by atoms with Gasteiger partial charge in [-0.1, -0.05) is 11.2 Å². The second kappa shape index (κ2) is 4.73. The summed E-state index contributed by atoms with van der Waals surface area (Å²) >= 11 is 0. The van der Waals surface area contributed by atoms with Crippen molar-refractivity contribution >= 4 is 5.88 Å². The zero-order valence-corrected chi connectivity index (χ0v) is 11.2. The van der Waals surface area contributed by atoms with Gasteiger partial charge in [0.15, 0.2) is 0 Å². The standard InChI is InChI=1S/C14H13N5O/c1-8-7-10(9(2)18-17-8)13-12(14(15)20-19-13)11-5-3-4-6-16-11/h3-7H,15H2,1-2H3. The Morgan fingerprint density at radius 2 is 2.00 bits per heavy atom. The molecule has 20 heavy (non-hydrogen) atoms. The molecule has 0 spiro atoms. The van der Waals surface area contributed by atoms with E-state index in [-0.39, 0.29) is 5.88 Å². The summed E-state index contributed by atoms with van der Waals surface area (Å²) in [6, 6.07) is 7.51. The molecular formula is C14H13N5O. The maximum Gasteiger partial charge on any atom is 0.232 e. The maximum atomic E-state index is 5.89. The molecule has 0 saturated heterocycles. The van der Waals surface area contributed by atoms with E-state index in [4.69, 9.17) is 10.3 Å². The summed E-state index contributed by atoms with van der Waals surface area (Å²) in [5, 5.41) is 12.2. The number of aryl methyl sites for hydroxylation is 2. The van der Waals surface area contributed by atoms with Crippen molar-refractivity contribution in [2.45, 2.75) is 13.8 Å². The molecule has 0 aliphatic rings. The molecule has 0 fully saturated rings. The van der Waals surface area contributed by atoms with Gasteiger partial charge in [0.25, 0.3) is 0 Å². The molecule has 2 N–H and O–H groups in total. The van der Waals surface area contributed by atoms with Crippen molar-refractivity contribution in [2.24, 2.45) is 0 Å². The first kappa shape index (κ1) is 12.3. The Morgan fingerprint density at radius 3 is 2.75 bits per heavy atom. The van der Waals surface area contributed by atoms with E-state index in [1.54, 1.807) is 6.20 Å². The van der Waals surface area contributed by atoms with E-state index in [1.165, 1.54) is 0 Å². The fourth-order valence-electron chi connectivity index (χ4n) is 2.03. The van der Waals surface area contributed by atoms with E-state index in [2.05, 4.69) is 20.3 Å². The lowest BCUT2D eigenvalue weighted by Crippen LogP contribution is -1.96. The third kappa shape index (κ3) is 2.01. The van der Waals surface area contributed by atoms with Gasteiger partial charge in [0, 0.05) is 11.8 Å². The number of nitrogens with zero attached hydrogens (tertiary/aromatic N) is 4. The summed E-state index contributed by atoms with van der Waals surface area (Å²) < 4.78 is 5.14. The number of pyridine rings is 1. The van der Waals surface area contributed by atoms with Crippen LogP contribution >= 0.6 is 0 Å². The van der Waals surface area contributed by atoms with Crippen LogP contribution in [0, 0.1) is 13.8 Å². The summed E-state index contributed by atoms with van der Waals surface area (Å²) in [5.74, 6) is 0.243. The van der Waals surface area contributed by atoms with Crippen LogP contribution in [0.3, 0.4) is 0 Å². The minimum Gasteiger partial charge on any atom is -0.367 e. The first-order chi connectivity index (χ1) is 9.66. The van der Waals surface area contributed by atoms with Gasteiger partial charge in [0.2, 0.25) is 5.88 Å². The highest BCUT2D eigenvalue weighted by molar-refractivity contribution is 5.85. The van der Waals surface area contributed by atoms with Crippen LogP contribution in [0.5, 0.6) is 0 Å². The van der Waals surface area contributed by atoms with Gasteiger partial charge >= 0.3 is 0 Å². The summed E-state index contributed by atoms with van der Waals surface area (Å²) in [5.41, 5.74) is 10.3. The zero-order chi connectivity index (χ0) is 14.1. The monoisotopic (exact) mass is 267 g/mol. The van der Waals surface area contributed by atoms with Gasteiger partial charge in [-0.15, -0.1) is 0 Å². The number of anilines is 1. The molecule has 3 heterocycles. The predicted octanol–water partition coefficient (Wildman–Crippen LogP) is 2.39. The first-order valence-corrected chi connectivity index (χ1v) is 6.14. The highest BCUT2D eigenvalue weighted by Crippen LogP contribution is 2.35. The predicted molar refractivity (Wildman–Crippen MR) is 74.6 cm³/mol. The molecule has 0 amide bonds. The van der Waals surface area contributed by atoms with Crippen molar-refractivity contribution in [1.29, 1.82) is 0 Å². The molecule has 0 aliphatic heterocycles. The summed E-state index contributed by atoms with van der Waals surface area (Å²) in [4.78, 5) is 4.30. The van der Waals surface area contributed by atoms with Gasteiger partial charge in [-0.25, -0.2) is 0 Å². The van der Waals surface area contributed by atoms with Crippen LogP contribution in [0.15, 0.2) is 35.0 Å². The number of hydrogen-bond acceptors (Lipinski definition) is 6. The molecule has 3 rings (SSSR count). The van der Waals surface area contributed by atoms with Crippen molar-refractivity contribution in [3.8, 4) is 22.5 Å². The van der Waals surface area contributed by atoms with Crippen LogP contribution < -0.4 is 5.73 Å². The average Bonchev–Trinajstić information content (AvgIpc) is 2.84. The Morgan fingerprint density at radius 1 is 1.15 bits per heavy atom. The van der Waals surface area contributed by atoms with Gasteiger partial charge < -0.3 is 10.3 Å². The largest absolute Gasteiger partial charge is 0.367 e. The smallest absolute Gasteiger partial charge is 0.232 e. The van der Waals surface area contributed by atoms with Gasteiger partial charge in [-0.3, -0.25) is 4.98 Å². The topological polar surface area (TPSA) is 90.7 Å². The molecule has 100 valence electrons. The Bertz CT molecular complexity index is 752. The molecule has 0 saturated carbocycles. The van der Waals surface area contributed by atoms with Crippen LogP contribution in [-0.2, 0) is 0 Å². The SMILES string of the molecule is Cc1cc(-c2noc(N)c2-c2ccccn2)c(C)nn1. The fraction of sp³-hybridized carbons (Fsp3) is 0.143. The third-order valence-corrected chi connectivity index (χ3v) is 3.00. The van der Waals surface area contributed by atoms with Crippen LogP contribution in [-0.4, -0.2) is 20.3 Å². The van der Waals surface area contributed by atoms with E-state index in [9.17, 15) is 0 Å². The first-order valence-electron chi connectivity index (χ1n) is 6.14. The number of nitrogens with two attached hydrogens (primary N) is 1. The Kier molecular flexibility index (Phi) is 2.90. The quantitative estimate of drug-likeness (QED) is 0.766. The Hall–Kier alpha value is -2.76. The summed E-state index contributed by atoms with van der Waals surface area (Å²) in [7, 11) is 0. The van der Waals surface area contributed by atoms with Crippen molar-refractivity contribution in [3.05, 3.63) is 41.9 Å². The van der Waals surface area contributed by atoms with Gasteiger partial charge in [0.1, 0.15) is 5.69 Å². The van der Waals surface area contributed by atoms with Crippen LogP contribution in [0.25, 0.3) is 22.5 Å². The molecule has 0 aliphatic carbocycles. The summed E-state index contributed by atoms with van der Waals surface area (Å²) in [6.45, 7) is 3.74. The molecule has 0 radical (unpaired) electrons. The van der Waals surface area contributed by atoms with Crippen molar-refractivity contribution in [3.63, 3.8) is 0 Å². The molecule has 0 atom stereocenters. The zero-order valence-electron chi connectivity index (χ0n) is 11.2. The lowest BCUT2D eigenvalue weighted by atomic mass is 10.0. The molecule has 0 unspecified atom stereocenters. The van der Waals surface area contributed by atoms with Gasteiger partial charge in [0.05, 0.1) is 22.6 Å². The van der Waals surface area contributed by atoms with Crippen molar-refractivity contribution in [2.75, 3.05) is 5.73 Å². The minimum absolute atomic E-state index is 0.243. The highest BCUT2D eigenvalue weighted by atomic mass is 16.5. The number of aromatic nitrogens is 4. The molecule has 0 bridgehead atoms. The molecule has 3 aromatic rings. The lowest BCUT2D eigenvalue weighted by molar-refractivity contribution is 0.439. The second-order valence-electron chi connectivity index (χ2n) is 4.47. The van der Waals surface area contributed by atoms with E-state index < -0.39 is 0 Å². The fourth-order valence-corrected chi connectivity index (χ4v) is 2.03. The number of hydrogen-bond donors (Lipinski definition) is 1. The van der Waals surface area contributed by atoms with E-state index >= 15 is 0 Å². The molecule has 3 aromatic heterocycles. The van der Waals surface area contributed by atoms with Crippen molar-refractivity contribution < 1.29 is 4.52 Å². The van der Waals surface area contributed by atoms with Crippen LogP contribution in [0.2, 0.25) is 0 Å². The average molecular weight is 267 g/mol. The van der Waals surface area contributed by atoms with Gasteiger partial charge in [-0.05, 0) is 32.0 Å². The number of nitrogen functional groups attached to an aromatic ring is 1. The molecule has 0 aromatic carbocycles. The highest BCUT2D eigenvalue weighted by Gasteiger charge is 2.20. The molecule has 6 heteroatoms. The maximum absolute atomic E-state index is 5.89. The van der Waals surface area contributed by atoms with Gasteiger partial charge in [-0.2, -0.15) is 10.2 Å². The van der Waals surface area contributed by atoms with E-state index in [1.807, 2.05) is 38.1 Å². The second-order valence-corrected chi connectivity index (χ2v) is 4.47. The Labute approximate surface area is 115 Å². The normalized spacial score (nSPS) is 10.7. The molecule has 6 nitrogen and oxygen atoms in total. The van der Waals surface area contributed by atoms with E-state index in [0.717, 1.165) is 22.6 Å². The van der Waals surface area contributed by atoms with E-state index in [0.29, 0.717) is 11.3 Å². The minimum atomic E-state index is 0.243. The third-order valence-electron chi connectivity index (χ3n) is 3.00.